The number of benzene rings is 1. The first-order valence-electron chi connectivity index (χ1n) is 5.63. The summed E-state index contributed by atoms with van der Waals surface area (Å²) in [6.07, 6.45) is 0. The van der Waals surface area contributed by atoms with Gasteiger partial charge in [-0.2, -0.15) is 4.99 Å². The van der Waals surface area contributed by atoms with Gasteiger partial charge in [0, 0.05) is 13.7 Å². The predicted octanol–water partition coefficient (Wildman–Crippen LogP) is 1.96. The zero-order valence-electron chi connectivity index (χ0n) is 10.3. The minimum absolute atomic E-state index is 0.0204. The summed E-state index contributed by atoms with van der Waals surface area (Å²) in [5, 5.41) is 0.0204. The standard InChI is InChI=1S/C12H13ClFN3O2/c1-19-5-4-17-10(11(15)16-12(17)18)7-2-3-8(13)9(14)6-7/h2-3,6,10H,4-5H2,1H3,(H2,15,16,18). The van der Waals surface area contributed by atoms with E-state index in [2.05, 4.69) is 4.99 Å². The number of hydrogen-bond donors (Lipinski definition) is 1. The Labute approximate surface area is 114 Å². The van der Waals surface area contributed by atoms with Gasteiger partial charge in [-0.15, -0.1) is 0 Å². The van der Waals surface area contributed by atoms with E-state index in [9.17, 15) is 9.18 Å². The highest BCUT2D eigenvalue weighted by Gasteiger charge is 2.34. The fourth-order valence-corrected chi connectivity index (χ4v) is 2.07. The summed E-state index contributed by atoms with van der Waals surface area (Å²) < 4.78 is 18.4. The van der Waals surface area contributed by atoms with Gasteiger partial charge < -0.3 is 15.4 Å². The molecule has 0 radical (unpaired) electrons. The van der Waals surface area contributed by atoms with Gasteiger partial charge in [0.15, 0.2) is 0 Å². The topological polar surface area (TPSA) is 67.9 Å². The lowest BCUT2D eigenvalue weighted by molar-refractivity contribution is 0.150. The Bertz CT molecular complexity index is 536. The lowest BCUT2D eigenvalue weighted by Gasteiger charge is -2.24. The molecule has 0 fully saturated rings. The van der Waals surface area contributed by atoms with Crippen LogP contribution in [-0.2, 0) is 4.74 Å². The van der Waals surface area contributed by atoms with E-state index < -0.39 is 17.9 Å². The molecule has 1 heterocycles. The van der Waals surface area contributed by atoms with Crippen molar-refractivity contribution in [3.63, 3.8) is 0 Å². The summed E-state index contributed by atoms with van der Waals surface area (Å²) in [6.45, 7) is 0.676. The van der Waals surface area contributed by atoms with Crippen molar-refractivity contribution in [3.05, 3.63) is 34.6 Å². The highest BCUT2D eigenvalue weighted by molar-refractivity contribution is 6.30. The Balaban J connectivity index is 2.31. The second-order valence-electron chi connectivity index (χ2n) is 4.08. The molecule has 0 spiro atoms. The van der Waals surface area contributed by atoms with E-state index in [1.54, 1.807) is 6.07 Å². The van der Waals surface area contributed by atoms with Crippen LogP contribution in [0.25, 0.3) is 0 Å². The third-order valence-electron chi connectivity index (χ3n) is 2.86. The minimum atomic E-state index is -0.575. The second kappa shape index (κ2) is 5.54. The van der Waals surface area contributed by atoms with Gasteiger partial charge >= 0.3 is 6.03 Å². The summed E-state index contributed by atoms with van der Waals surface area (Å²) in [4.78, 5) is 16.8. The lowest BCUT2D eigenvalue weighted by atomic mass is 10.1. The monoisotopic (exact) mass is 285 g/mol. The number of rotatable bonds is 4. The number of carbonyl (C=O) groups is 1. The highest BCUT2D eigenvalue weighted by Crippen LogP contribution is 2.28. The zero-order chi connectivity index (χ0) is 14.0. The van der Waals surface area contributed by atoms with Crippen LogP contribution < -0.4 is 5.73 Å². The number of ether oxygens (including phenoxy) is 1. The second-order valence-corrected chi connectivity index (χ2v) is 4.49. The minimum Gasteiger partial charge on any atom is -0.385 e. The van der Waals surface area contributed by atoms with Crippen LogP contribution in [0.15, 0.2) is 23.2 Å². The van der Waals surface area contributed by atoms with Gasteiger partial charge in [-0.05, 0) is 17.7 Å². The summed E-state index contributed by atoms with van der Waals surface area (Å²) in [5.74, 6) is -0.416. The molecule has 1 aliphatic rings. The Morgan fingerprint density at radius 2 is 2.32 bits per heavy atom. The number of amidine groups is 1. The van der Waals surface area contributed by atoms with E-state index in [-0.39, 0.29) is 10.9 Å². The number of hydrogen-bond acceptors (Lipinski definition) is 3. The number of aliphatic imine (C=N–C) groups is 1. The van der Waals surface area contributed by atoms with Gasteiger partial charge in [-0.3, -0.25) is 0 Å². The molecular weight excluding hydrogens is 273 g/mol. The van der Waals surface area contributed by atoms with Gasteiger partial charge in [0.05, 0.1) is 11.6 Å². The number of methoxy groups -OCH3 is 1. The quantitative estimate of drug-likeness (QED) is 0.919. The molecule has 19 heavy (non-hydrogen) atoms. The van der Waals surface area contributed by atoms with Crippen molar-refractivity contribution >= 4 is 23.5 Å². The average Bonchev–Trinajstić information content (AvgIpc) is 2.65. The molecule has 2 rings (SSSR count). The number of halogens is 2. The molecule has 0 saturated heterocycles. The molecule has 1 unspecified atom stereocenters. The number of urea groups is 1. The summed E-state index contributed by atoms with van der Waals surface area (Å²) >= 11 is 5.64. The van der Waals surface area contributed by atoms with E-state index in [1.165, 1.54) is 24.1 Å². The molecular formula is C12H13ClFN3O2. The number of amides is 2. The normalized spacial score (nSPS) is 18.9. The van der Waals surface area contributed by atoms with Crippen LogP contribution in [0.3, 0.4) is 0 Å². The van der Waals surface area contributed by atoms with Crippen molar-refractivity contribution in [2.45, 2.75) is 6.04 Å². The third-order valence-corrected chi connectivity index (χ3v) is 3.16. The van der Waals surface area contributed by atoms with Gasteiger partial charge in [0.2, 0.25) is 0 Å². The Hall–Kier alpha value is -1.66. The van der Waals surface area contributed by atoms with Crippen molar-refractivity contribution in [2.24, 2.45) is 10.7 Å². The number of carbonyl (C=O) groups excluding carboxylic acids is 1. The largest absolute Gasteiger partial charge is 0.385 e. The molecule has 1 aromatic rings. The molecule has 0 aliphatic carbocycles. The first kappa shape index (κ1) is 13.8. The maximum absolute atomic E-state index is 13.5. The summed E-state index contributed by atoms with van der Waals surface area (Å²) in [7, 11) is 1.53. The average molecular weight is 286 g/mol. The molecule has 1 aromatic carbocycles. The van der Waals surface area contributed by atoms with Crippen molar-refractivity contribution in [3.8, 4) is 0 Å². The first-order chi connectivity index (χ1) is 9.04. The maximum atomic E-state index is 13.5. The van der Waals surface area contributed by atoms with E-state index in [1.807, 2.05) is 0 Å². The van der Waals surface area contributed by atoms with Crippen LogP contribution >= 0.6 is 11.6 Å². The van der Waals surface area contributed by atoms with Gasteiger partial charge in [-0.1, -0.05) is 17.7 Å². The third kappa shape index (κ3) is 2.69. The summed E-state index contributed by atoms with van der Waals surface area (Å²) in [5.41, 5.74) is 6.28. The molecule has 0 aromatic heterocycles. The molecule has 2 N–H and O–H groups in total. The van der Waals surface area contributed by atoms with Crippen LogP contribution in [0.5, 0.6) is 0 Å². The molecule has 2 amide bonds. The predicted molar refractivity (Wildman–Crippen MR) is 69.8 cm³/mol. The smallest absolute Gasteiger partial charge is 0.346 e. The summed E-state index contributed by atoms with van der Waals surface area (Å²) in [6, 6.07) is 3.28. The molecule has 5 nitrogen and oxygen atoms in total. The highest BCUT2D eigenvalue weighted by atomic mass is 35.5. The van der Waals surface area contributed by atoms with Gasteiger partial charge in [-0.25, -0.2) is 9.18 Å². The van der Waals surface area contributed by atoms with Crippen molar-refractivity contribution < 1.29 is 13.9 Å². The molecule has 1 atom stereocenters. The van der Waals surface area contributed by atoms with Crippen LogP contribution in [0.2, 0.25) is 5.02 Å². The SMILES string of the molecule is COCCN1C(=O)N=C(N)C1c1ccc(Cl)c(F)c1. The maximum Gasteiger partial charge on any atom is 0.346 e. The Morgan fingerprint density at radius 3 is 2.95 bits per heavy atom. The van der Waals surface area contributed by atoms with Crippen molar-refractivity contribution in [1.29, 1.82) is 0 Å². The van der Waals surface area contributed by atoms with E-state index in [0.29, 0.717) is 18.7 Å². The zero-order valence-corrected chi connectivity index (χ0v) is 11.0. The molecule has 1 aliphatic heterocycles. The van der Waals surface area contributed by atoms with E-state index in [4.69, 9.17) is 22.1 Å². The Kier molecular flexibility index (Phi) is 4.01. The van der Waals surface area contributed by atoms with E-state index >= 15 is 0 Å². The van der Waals surface area contributed by atoms with Crippen molar-refractivity contribution in [1.82, 2.24) is 4.90 Å². The van der Waals surface area contributed by atoms with Crippen LogP contribution in [-0.4, -0.2) is 37.0 Å². The molecule has 7 heteroatoms. The fraction of sp³-hybridized carbons (Fsp3) is 0.333. The van der Waals surface area contributed by atoms with Crippen LogP contribution in [0, 0.1) is 5.82 Å². The van der Waals surface area contributed by atoms with Crippen LogP contribution in [0.4, 0.5) is 9.18 Å². The van der Waals surface area contributed by atoms with Crippen LogP contribution in [0.1, 0.15) is 11.6 Å². The lowest BCUT2D eigenvalue weighted by Crippen LogP contribution is -2.35. The fourth-order valence-electron chi connectivity index (χ4n) is 1.95. The Morgan fingerprint density at radius 1 is 1.58 bits per heavy atom. The molecule has 0 bridgehead atoms. The van der Waals surface area contributed by atoms with Gasteiger partial charge in [0.1, 0.15) is 17.7 Å². The molecule has 102 valence electrons. The van der Waals surface area contributed by atoms with E-state index in [0.717, 1.165) is 0 Å². The molecule has 0 saturated carbocycles. The first-order valence-corrected chi connectivity index (χ1v) is 6.01. The number of nitrogens with two attached hydrogens (primary N) is 1. The number of nitrogens with zero attached hydrogens (tertiary/aromatic N) is 2. The van der Waals surface area contributed by atoms with Gasteiger partial charge in [0.25, 0.3) is 0 Å². The van der Waals surface area contributed by atoms with Crippen molar-refractivity contribution in [2.75, 3.05) is 20.3 Å².